The molecule has 1 fully saturated rings. The monoisotopic (exact) mass is 384 g/mol. The van der Waals surface area contributed by atoms with Gasteiger partial charge in [-0.2, -0.15) is 0 Å². The van der Waals surface area contributed by atoms with E-state index in [2.05, 4.69) is 5.32 Å². The summed E-state index contributed by atoms with van der Waals surface area (Å²) in [6.45, 7) is 3.89. The standard InChI is InChI=1S/C21H21ClN2O3/c1-15-6-8-16(9-7-15)20(25)23-19(14-17-4-2-3-5-18(17)22)21(26)24-10-12-27-13-11-24/h2-9,14H,10-13H2,1H3,(H,23,25)/b19-14+. The van der Waals surface area contributed by atoms with Crippen molar-refractivity contribution >= 4 is 29.5 Å². The van der Waals surface area contributed by atoms with E-state index >= 15 is 0 Å². The molecule has 1 heterocycles. The molecule has 2 aromatic rings. The van der Waals surface area contributed by atoms with Crippen LogP contribution in [0.15, 0.2) is 54.2 Å². The minimum atomic E-state index is -0.338. The number of hydrogen-bond donors (Lipinski definition) is 1. The normalized spacial score (nSPS) is 14.7. The number of rotatable bonds is 4. The molecule has 2 amide bonds. The van der Waals surface area contributed by atoms with E-state index in [9.17, 15) is 9.59 Å². The Kier molecular flexibility index (Phi) is 6.27. The molecule has 27 heavy (non-hydrogen) atoms. The number of carbonyl (C=O) groups excluding carboxylic acids is 2. The first-order chi connectivity index (χ1) is 13.0. The zero-order valence-electron chi connectivity index (χ0n) is 15.1. The number of carbonyl (C=O) groups is 2. The van der Waals surface area contributed by atoms with E-state index < -0.39 is 0 Å². The Balaban J connectivity index is 1.89. The fourth-order valence-electron chi connectivity index (χ4n) is 2.74. The maximum absolute atomic E-state index is 13.0. The molecule has 0 spiro atoms. The number of nitrogens with zero attached hydrogens (tertiary/aromatic N) is 1. The van der Waals surface area contributed by atoms with Gasteiger partial charge < -0.3 is 15.0 Å². The van der Waals surface area contributed by atoms with Gasteiger partial charge in [0.2, 0.25) is 0 Å². The fraction of sp³-hybridized carbons (Fsp3) is 0.238. The molecular weight excluding hydrogens is 364 g/mol. The quantitative estimate of drug-likeness (QED) is 0.823. The minimum absolute atomic E-state index is 0.190. The summed E-state index contributed by atoms with van der Waals surface area (Å²) < 4.78 is 5.31. The summed E-state index contributed by atoms with van der Waals surface area (Å²) in [4.78, 5) is 27.3. The summed E-state index contributed by atoms with van der Waals surface area (Å²) in [5, 5.41) is 3.27. The molecule has 6 heteroatoms. The van der Waals surface area contributed by atoms with Gasteiger partial charge in [-0.25, -0.2) is 0 Å². The molecule has 0 atom stereocenters. The molecule has 0 radical (unpaired) electrons. The number of morpholine rings is 1. The number of aryl methyl sites for hydroxylation is 1. The van der Waals surface area contributed by atoms with Gasteiger partial charge in [0.25, 0.3) is 11.8 Å². The lowest BCUT2D eigenvalue weighted by Gasteiger charge is -2.28. The van der Waals surface area contributed by atoms with Gasteiger partial charge in [0.05, 0.1) is 13.2 Å². The molecule has 1 aliphatic heterocycles. The molecule has 1 N–H and O–H groups in total. The SMILES string of the molecule is Cc1ccc(C(=O)N/C(=C/c2ccccc2Cl)C(=O)N2CCOCC2)cc1. The maximum atomic E-state index is 13.0. The van der Waals surface area contributed by atoms with E-state index in [1.165, 1.54) is 0 Å². The third kappa shape index (κ3) is 4.96. The number of hydrogen-bond acceptors (Lipinski definition) is 3. The highest BCUT2D eigenvalue weighted by atomic mass is 35.5. The van der Waals surface area contributed by atoms with Crippen LogP contribution in [-0.4, -0.2) is 43.0 Å². The number of ether oxygens (including phenoxy) is 1. The van der Waals surface area contributed by atoms with Crippen molar-refractivity contribution < 1.29 is 14.3 Å². The Morgan fingerprint density at radius 1 is 1.07 bits per heavy atom. The molecular formula is C21H21ClN2O3. The van der Waals surface area contributed by atoms with Crippen LogP contribution in [0.4, 0.5) is 0 Å². The van der Waals surface area contributed by atoms with Crippen LogP contribution in [0.2, 0.25) is 5.02 Å². The molecule has 2 aromatic carbocycles. The van der Waals surface area contributed by atoms with Crippen molar-refractivity contribution in [3.8, 4) is 0 Å². The van der Waals surface area contributed by atoms with Crippen LogP contribution < -0.4 is 5.32 Å². The minimum Gasteiger partial charge on any atom is -0.378 e. The highest BCUT2D eigenvalue weighted by Gasteiger charge is 2.23. The lowest BCUT2D eigenvalue weighted by atomic mass is 10.1. The van der Waals surface area contributed by atoms with E-state index in [-0.39, 0.29) is 17.5 Å². The largest absolute Gasteiger partial charge is 0.378 e. The van der Waals surface area contributed by atoms with Gasteiger partial charge in [-0.15, -0.1) is 0 Å². The first-order valence-corrected chi connectivity index (χ1v) is 9.13. The van der Waals surface area contributed by atoms with Crippen LogP contribution in [0, 0.1) is 6.92 Å². The van der Waals surface area contributed by atoms with Crippen molar-refractivity contribution in [1.82, 2.24) is 10.2 Å². The zero-order valence-corrected chi connectivity index (χ0v) is 15.8. The molecule has 1 saturated heterocycles. The van der Waals surface area contributed by atoms with Crippen molar-refractivity contribution in [1.29, 1.82) is 0 Å². The lowest BCUT2D eigenvalue weighted by molar-refractivity contribution is -0.131. The van der Waals surface area contributed by atoms with Crippen LogP contribution in [0.25, 0.3) is 6.08 Å². The van der Waals surface area contributed by atoms with Gasteiger partial charge in [0.15, 0.2) is 0 Å². The third-order valence-electron chi connectivity index (χ3n) is 4.30. The number of amides is 2. The first-order valence-electron chi connectivity index (χ1n) is 8.76. The third-order valence-corrected chi connectivity index (χ3v) is 4.64. The summed E-state index contributed by atoms with van der Waals surface area (Å²) in [7, 11) is 0. The van der Waals surface area contributed by atoms with Crippen LogP contribution in [0.3, 0.4) is 0 Å². The van der Waals surface area contributed by atoms with E-state index in [1.54, 1.807) is 35.2 Å². The second kappa shape index (κ2) is 8.84. The average Bonchev–Trinajstić information content (AvgIpc) is 2.69. The predicted octanol–water partition coefficient (Wildman–Crippen LogP) is 3.28. The molecule has 140 valence electrons. The summed E-state index contributed by atoms with van der Waals surface area (Å²) in [5.41, 5.74) is 2.40. The molecule has 0 bridgehead atoms. The predicted molar refractivity (Wildman–Crippen MR) is 105 cm³/mol. The van der Waals surface area contributed by atoms with Crippen molar-refractivity contribution in [3.05, 3.63) is 75.9 Å². The molecule has 0 unspecified atom stereocenters. The number of halogens is 1. The van der Waals surface area contributed by atoms with E-state index in [1.807, 2.05) is 31.2 Å². The van der Waals surface area contributed by atoms with Crippen molar-refractivity contribution in [2.45, 2.75) is 6.92 Å². The first kappa shape index (κ1) is 19.1. The fourth-order valence-corrected chi connectivity index (χ4v) is 2.93. The summed E-state index contributed by atoms with van der Waals surface area (Å²) in [6.07, 6.45) is 1.62. The van der Waals surface area contributed by atoms with Gasteiger partial charge >= 0.3 is 0 Å². The maximum Gasteiger partial charge on any atom is 0.270 e. The summed E-state index contributed by atoms with van der Waals surface area (Å²) >= 11 is 6.23. The Hall–Kier alpha value is -2.63. The Morgan fingerprint density at radius 2 is 1.74 bits per heavy atom. The van der Waals surface area contributed by atoms with Crippen molar-refractivity contribution in [3.63, 3.8) is 0 Å². The number of benzene rings is 2. The van der Waals surface area contributed by atoms with E-state index in [0.717, 1.165) is 5.56 Å². The highest BCUT2D eigenvalue weighted by Crippen LogP contribution is 2.19. The van der Waals surface area contributed by atoms with Gasteiger partial charge in [0, 0.05) is 23.7 Å². The van der Waals surface area contributed by atoms with E-state index in [4.69, 9.17) is 16.3 Å². The van der Waals surface area contributed by atoms with Crippen LogP contribution >= 0.6 is 11.6 Å². The average molecular weight is 385 g/mol. The lowest BCUT2D eigenvalue weighted by Crippen LogP contribution is -2.44. The second-order valence-electron chi connectivity index (χ2n) is 6.30. The van der Waals surface area contributed by atoms with Gasteiger partial charge in [-0.3, -0.25) is 9.59 Å². The topological polar surface area (TPSA) is 58.6 Å². The summed E-state index contributed by atoms with van der Waals surface area (Å²) in [5.74, 6) is -0.589. The van der Waals surface area contributed by atoms with Gasteiger partial charge in [-0.05, 0) is 36.8 Å². The number of nitrogens with one attached hydrogen (secondary N) is 1. The Labute approximate surface area is 163 Å². The van der Waals surface area contributed by atoms with Crippen molar-refractivity contribution in [2.75, 3.05) is 26.3 Å². The molecule has 5 nitrogen and oxygen atoms in total. The van der Waals surface area contributed by atoms with E-state index in [0.29, 0.717) is 42.5 Å². The smallest absolute Gasteiger partial charge is 0.270 e. The Morgan fingerprint density at radius 3 is 2.41 bits per heavy atom. The van der Waals surface area contributed by atoms with Crippen LogP contribution in [0.5, 0.6) is 0 Å². The molecule has 0 aromatic heterocycles. The zero-order chi connectivity index (χ0) is 19.2. The van der Waals surface area contributed by atoms with Gasteiger partial charge in [0.1, 0.15) is 5.70 Å². The molecule has 1 aliphatic rings. The summed E-state index contributed by atoms with van der Waals surface area (Å²) in [6, 6.07) is 14.4. The highest BCUT2D eigenvalue weighted by molar-refractivity contribution is 6.32. The van der Waals surface area contributed by atoms with Crippen LogP contribution in [0.1, 0.15) is 21.5 Å². The molecule has 3 rings (SSSR count). The molecule has 0 saturated carbocycles. The van der Waals surface area contributed by atoms with Crippen molar-refractivity contribution in [2.24, 2.45) is 0 Å². The molecule has 0 aliphatic carbocycles. The van der Waals surface area contributed by atoms with Crippen LogP contribution in [-0.2, 0) is 9.53 Å². The Bertz CT molecular complexity index is 856. The second-order valence-corrected chi connectivity index (χ2v) is 6.71. The van der Waals surface area contributed by atoms with Gasteiger partial charge in [-0.1, -0.05) is 47.5 Å².